The van der Waals surface area contributed by atoms with Gasteiger partial charge < -0.3 is 9.64 Å². The molecule has 1 aromatic heterocycles. The summed E-state index contributed by atoms with van der Waals surface area (Å²) in [6, 6.07) is 17.2. The SMILES string of the molecule is Cn1cc2cc(-c3cc(Cl)c(C(=O)N4COc5ccccc5C4)c(Cl)c3)ccc2n1. The van der Waals surface area contributed by atoms with Crippen LogP contribution in [0.15, 0.2) is 60.8 Å². The predicted molar refractivity (Wildman–Crippen MR) is 118 cm³/mol. The maximum Gasteiger partial charge on any atom is 0.259 e. The number of amides is 1. The lowest BCUT2D eigenvalue weighted by molar-refractivity contribution is 0.0515. The first-order chi connectivity index (χ1) is 14.5. The standard InChI is InChI=1S/C23H17Cl2N3O2/c1-27-11-17-8-14(6-7-20(17)26-27)16-9-18(24)22(19(25)10-16)23(29)28-12-15-4-2-3-5-21(15)30-13-28/h2-11H,12-13H2,1H3. The molecule has 7 heteroatoms. The van der Waals surface area contributed by atoms with Gasteiger partial charge in [0.25, 0.3) is 5.91 Å². The van der Waals surface area contributed by atoms with E-state index in [0.29, 0.717) is 16.6 Å². The molecule has 4 aromatic rings. The fraction of sp³-hybridized carbons (Fsp3) is 0.130. The number of nitrogens with zero attached hydrogens (tertiary/aromatic N) is 3. The number of benzene rings is 3. The van der Waals surface area contributed by atoms with E-state index in [-0.39, 0.29) is 18.2 Å². The average molecular weight is 438 g/mol. The topological polar surface area (TPSA) is 47.4 Å². The molecule has 0 spiro atoms. The lowest BCUT2D eigenvalue weighted by Crippen LogP contribution is -2.37. The summed E-state index contributed by atoms with van der Waals surface area (Å²) in [5, 5.41) is 6.04. The van der Waals surface area contributed by atoms with Crippen LogP contribution in [0.5, 0.6) is 5.75 Å². The van der Waals surface area contributed by atoms with E-state index in [9.17, 15) is 4.79 Å². The lowest BCUT2D eigenvalue weighted by atomic mass is 10.0. The van der Waals surface area contributed by atoms with Crippen molar-refractivity contribution in [1.82, 2.24) is 14.7 Å². The molecule has 0 bridgehead atoms. The van der Waals surface area contributed by atoms with Crippen molar-refractivity contribution in [1.29, 1.82) is 0 Å². The molecular weight excluding hydrogens is 421 g/mol. The molecule has 1 aliphatic rings. The van der Waals surface area contributed by atoms with Crippen molar-refractivity contribution in [2.24, 2.45) is 7.05 Å². The van der Waals surface area contributed by atoms with Crippen LogP contribution < -0.4 is 4.74 Å². The van der Waals surface area contributed by atoms with Crippen LogP contribution in [0, 0.1) is 0 Å². The molecule has 1 amide bonds. The molecular formula is C23H17Cl2N3O2. The van der Waals surface area contributed by atoms with E-state index in [0.717, 1.165) is 33.3 Å². The number of hydrogen-bond donors (Lipinski definition) is 0. The van der Waals surface area contributed by atoms with Crippen LogP contribution in [0.3, 0.4) is 0 Å². The monoisotopic (exact) mass is 437 g/mol. The first-order valence-electron chi connectivity index (χ1n) is 9.42. The van der Waals surface area contributed by atoms with E-state index in [1.165, 1.54) is 0 Å². The lowest BCUT2D eigenvalue weighted by Gasteiger charge is -2.29. The Bertz CT molecular complexity index is 1280. The molecule has 5 rings (SSSR count). The molecule has 150 valence electrons. The minimum atomic E-state index is -0.256. The normalized spacial score (nSPS) is 13.2. The highest BCUT2D eigenvalue weighted by molar-refractivity contribution is 6.40. The highest BCUT2D eigenvalue weighted by atomic mass is 35.5. The Morgan fingerprint density at radius 3 is 2.60 bits per heavy atom. The summed E-state index contributed by atoms with van der Waals surface area (Å²) in [5.74, 6) is 0.536. The van der Waals surface area contributed by atoms with Gasteiger partial charge >= 0.3 is 0 Å². The number of carbonyl (C=O) groups is 1. The Morgan fingerprint density at radius 2 is 1.80 bits per heavy atom. The number of para-hydroxylation sites is 1. The molecule has 3 aromatic carbocycles. The second kappa shape index (κ2) is 7.35. The van der Waals surface area contributed by atoms with E-state index in [4.69, 9.17) is 27.9 Å². The van der Waals surface area contributed by atoms with E-state index in [1.54, 1.807) is 21.7 Å². The molecule has 1 aliphatic heterocycles. The van der Waals surface area contributed by atoms with Crippen LogP contribution in [-0.4, -0.2) is 27.3 Å². The number of ether oxygens (including phenoxy) is 1. The second-order valence-corrected chi connectivity index (χ2v) is 8.09. The number of fused-ring (bicyclic) bond motifs is 2. The fourth-order valence-corrected chi connectivity index (χ4v) is 4.38. The van der Waals surface area contributed by atoms with E-state index in [2.05, 4.69) is 5.10 Å². The maximum atomic E-state index is 13.1. The molecule has 0 saturated heterocycles. The Morgan fingerprint density at radius 1 is 1.03 bits per heavy atom. The Balaban J connectivity index is 1.47. The third-order valence-electron chi connectivity index (χ3n) is 5.21. The minimum absolute atomic E-state index is 0.155. The molecule has 0 N–H and O–H groups in total. The van der Waals surface area contributed by atoms with Gasteiger partial charge in [0.05, 0.1) is 27.7 Å². The summed E-state index contributed by atoms with van der Waals surface area (Å²) in [5.41, 5.74) is 3.94. The van der Waals surface area contributed by atoms with E-state index < -0.39 is 0 Å². The van der Waals surface area contributed by atoms with E-state index >= 15 is 0 Å². The predicted octanol–water partition coefficient (Wildman–Crippen LogP) is 5.54. The summed E-state index contributed by atoms with van der Waals surface area (Å²) in [4.78, 5) is 14.7. The van der Waals surface area contributed by atoms with Gasteiger partial charge in [-0.1, -0.05) is 47.5 Å². The molecule has 0 saturated carbocycles. The number of hydrogen-bond acceptors (Lipinski definition) is 3. The molecule has 2 heterocycles. The van der Waals surface area contributed by atoms with Gasteiger partial charge in [0, 0.05) is 24.2 Å². The van der Waals surface area contributed by atoms with Gasteiger partial charge in [-0.2, -0.15) is 5.10 Å². The third kappa shape index (κ3) is 3.30. The number of rotatable bonds is 2. The zero-order valence-electron chi connectivity index (χ0n) is 16.1. The smallest absolute Gasteiger partial charge is 0.259 e. The summed E-state index contributed by atoms with van der Waals surface area (Å²) < 4.78 is 7.48. The number of carbonyl (C=O) groups excluding carboxylic acids is 1. The Hall–Kier alpha value is -3.02. The minimum Gasteiger partial charge on any atom is -0.473 e. The Kier molecular flexibility index (Phi) is 4.65. The fourth-order valence-electron chi connectivity index (χ4n) is 3.74. The molecule has 30 heavy (non-hydrogen) atoms. The molecule has 0 unspecified atom stereocenters. The molecule has 5 nitrogen and oxygen atoms in total. The molecule has 0 radical (unpaired) electrons. The first kappa shape index (κ1) is 19.0. The summed E-state index contributed by atoms with van der Waals surface area (Å²) >= 11 is 13.1. The molecule has 0 fully saturated rings. The van der Waals surface area contributed by atoms with Crippen LogP contribution in [0.4, 0.5) is 0 Å². The van der Waals surface area contributed by atoms with Crippen molar-refractivity contribution >= 4 is 40.0 Å². The van der Waals surface area contributed by atoms with Crippen molar-refractivity contribution in [3.8, 4) is 16.9 Å². The van der Waals surface area contributed by atoms with Crippen LogP contribution in [0.1, 0.15) is 15.9 Å². The van der Waals surface area contributed by atoms with Gasteiger partial charge in [-0.25, -0.2) is 0 Å². The van der Waals surface area contributed by atoms with Crippen LogP contribution >= 0.6 is 23.2 Å². The largest absolute Gasteiger partial charge is 0.473 e. The van der Waals surface area contributed by atoms with Gasteiger partial charge in [-0.05, 0) is 41.5 Å². The van der Waals surface area contributed by atoms with Crippen molar-refractivity contribution in [2.75, 3.05) is 6.73 Å². The average Bonchev–Trinajstić information content (AvgIpc) is 3.12. The van der Waals surface area contributed by atoms with E-state index in [1.807, 2.05) is 55.7 Å². The first-order valence-corrected chi connectivity index (χ1v) is 10.2. The third-order valence-corrected chi connectivity index (χ3v) is 5.80. The van der Waals surface area contributed by atoms with Gasteiger partial charge in [0.2, 0.25) is 0 Å². The van der Waals surface area contributed by atoms with Crippen molar-refractivity contribution < 1.29 is 9.53 Å². The number of aromatic nitrogens is 2. The summed E-state index contributed by atoms with van der Waals surface area (Å²) in [6.07, 6.45) is 1.95. The second-order valence-electron chi connectivity index (χ2n) is 7.28. The van der Waals surface area contributed by atoms with Crippen LogP contribution in [-0.2, 0) is 13.6 Å². The zero-order valence-corrected chi connectivity index (χ0v) is 17.6. The highest BCUT2D eigenvalue weighted by Gasteiger charge is 2.26. The van der Waals surface area contributed by atoms with Gasteiger partial charge in [-0.15, -0.1) is 0 Å². The number of aryl methyl sites for hydroxylation is 1. The van der Waals surface area contributed by atoms with Crippen molar-refractivity contribution in [3.05, 3.63) is 82.0 Å². The molecule has 0 aliphatic carbocycles. The molecule has 0 atom stereocenters. The summed E-state index contributed by atoms with van der Waals surface area (Å²) in [6.45, 7) is 0.600. The van der Waals surface area contributed by atoms with Crippen LogP contribution in [0.2, 0.25) is 10.0 Å². The zero-order chi connectivity index (χ0) is 20.8. The van der Waals surface area contributed by atoms with Crippen molar-refractivity contribution in [2.45, 2.75) is 6.54 Å². The highest BCUT2D eigenvalue weighted by Crippen LogP contribution is 2.35. The summed E-state index contributed by atoms with van der Waals surface area (Å²) in [7, 11) is 1.89. The number of halogens is 2. The van der Waals surface area contributed by atoms with Gasteiger partial charge in [0.1, 0.15) is 5.75 Å². The van der Waals surface area contributed by atoms with Gasteiger partial charge in [-0.3, -0.25) is 9.48 Å². The quantitative estimate of drug-likeness (QED) is 0.413. The van der Waals surface area contributed by atoms with Crippen LogP contribution in [0.25, 0.3) is 22.0 Å². The van der Waals surface area contributed by atoms with Crippen molar-refractivity contribution in [3.63, 3.8) is 0 Å². The Labute approximate surface area is 183 Å². The van der Waals surface area contributed by atoms with Gasteiger partial charge in [0.15, 0.2) is 6.73 Å². The maximum absolute atomic E-state index is 13.1.